The molecule has 0 aliphatic rings. The van der Waals surface area contributed by atoms with E-state index in [2.05, 4.69) is 0 Å². The van der Waals surface area contributed by atoms with E-state index in [4.69, 9.17) is 10.5 Å². The minimum absolute atomic E-state index is 0.326. The predicted molar refractivity (Wildman–Crippen MR) is 77.0 cm³/mol. The van der Waals surface area contributed by atoms with Crippen LogP contribution in [-0.2, 0) is 0 Å². The first-order valence-corrected chi connectivity index (χ1v) is 7.06. The third kappa shape index (κ3) is 3.71. The van der Waals surface area contributed by atoms with Crippen molar-refractivity contribution in [1.29, 1.82) is 0 Å². The summed E-state index contributed by atoms with van der Waals surface area (Å²) < 4.78 is 31.5. The summed E-state index contributed by atoms with van der Waals surface area (Å²) in [5.74, 6) is 0.0897. The van der Waals surface area contributed by atoms with Crippen LogP contribution in [0.1, 0.15) is 11.6 Å². The number of methoxy groups -OCH3 is 1. The molecule has 2 aromatic carbocycles. The smallest absolute Gasteiger partial charge is 0.130 e. The van der Waals surface area contributed by atoms with Crippen molar-refractivity contribution in [3.8, 4) is 5.75 Å². The molecule has 106 valence electrons. The summed E-state index contributed by atoms with van der Waals surface area (Å²) in [6.07, 6.45) is 0. The quantitative estimate of drug-likeness (QED) is 0.853. The maximum Gasteiger partial charge on any atom is 0.130 e. The fraction of sp³-hybridized carbons (Fsp3) is 0.200. The first kappa shape index (κ1) is 14.8. The summed E-state index contributed by atoms with van der Waals surface area (Å²) in [4.78, 5) is 1.02. The van der Waals surface area contributed by atoms with Gasteiger partial charge in [-0.2, -0.15) is 0 Å². The monoisotopic (exact) mass is 295 g/mol. The van der Waals surface area contributed by atoms with E-state index in [1.165, 1.54) is 23.9 Å². The van der Waals surface area contributed by atoms with Gasteiger partial charge in [0.15, 0.2) is 0 Å². The highest BCUT2D eigenvalue weighted by Gasteiger charge is 2.12. The van der Waals surface area contributed by atoms with Gasteiger partial charge in [-0.1, -0.05) is 6.07 Å². The normalized spacial score (nSPS) is 12.2. The molecule has 20 heavy (non-hydrogen) atoms. The van der Waals surface area contributed by atoms with Crippen molar-refractivity contribution in [2.45, 2.75) is 10.9 Å². The van der Waals surface area contributed by atoms with Crippen LogP contribution in [0.3, 0.4) is 0 Å². The Labute approximate surface area is 120 Å². The fourth-order valence-corrected chi connectivity index (χ4v) is 2.63. The molecule has 0 aliphatic carbocycles. The lowest BCUT2D eigenvalue weighted by atomic mass is 10.1. The number of benzene rings is 2. The molecule has 5 heteroatoms. The van der Waals surface area contributed by atoms with Gasteiger partial charge in [-0.15, -0.1) is 11.8 Å². The van der Waals surface area contributed by atoms with Gasteiger partial charge in [0.1, 0.15) is 17.4 Å². The molecule has 0 saturated carbocycles. The topological polar surface area (TPSA) is 35.2 Å². The second kappa shape index (κ2) is 6.72. The maximum absolute atomic E-state index is 13.6. The number of hydrogen-bond acceptors (Lipinski definition) is 3. The fourth-order valence-electron chi connectivity index (χ4n) is 1.75. The van der Waals surface area contributed by atoms with E-state index < -0.39 is 17.7 Å². The number of rotatable bonds is 5. The minimum atomic E-state index is -0.604. The molecule has 0 fully saturated rings. The molecule has 0 saturated heterocycles. The third-order valence-electron chi connectivity index (χ3n) is 2.85. The number of halogens is 2. The van der Waals surface area contributed by atoms with E-state index in [1.54, 1.807) is 7.11 Å². The van der Waals surface area contributed by atoms with Gasteiger partial charge in [0, 0.05) is 28.3 Å². The van der Waals surface area contributed by atoms with Crippen molar-refractivity contribution in [3.63, 3.8) is 0 Å². The lowest BCUT2D eigenvalue weighted by Crippen LogP contribution is -2.14. The Balaban J connectivity index is 1.98. The number of hydrogen-bond donors (Lipinski definition) is 1. The molecule has 2 rings (SSSR count). The van der Waals surface area contributed by atoms with Crippen LogP contribution in [0, 0.1) is 11.6 Å². The molecule has 0 aromatic heterocycles. The largest absolute Gasteiger partial charge is 0.497 e. The zero-order valence-electron chi connectivity index (χ0n) is 11.0. The third-order valence-corrected chi connectivity index (χ3v) is 3.98. The van der Waals surface area contributed by atoms with Crippen LogP contribution in [0.15, 0.2) is 47.4 Å². The molecule has 2 N–H and O–H groups in total. The SMILES string of the molecule is COc1ccc(SC[C@@H](N)c2ccc(F)cc2F)cc1. The summed E-state index contributed by atoms with van der Waals surface area (Å²) >= 11 is 1.51. The van der Waals surface area contributed by atoms with Crippen molar-refractivity contribution in [3.05, 3.63) is 59.7 Å². The van der Waals surface area contributed by atoms with Gasteiger partial charge in [-0.3, -0.25) is 0 Å². The highest BCUT2D eigenvalue weighted by Crippen LogP contribution is 2.26. The Morgan fingerprint density at radius 1 is 1.15 bits per heavy atom. The Kier molecular flexibility index (Phi) is 4.98. The second-order valence-electron chi connectivity index (χ2n) is 4.26. The lowest BCUT2D eigenvalue weighted by molar-refractivity contribution is 0.414. The average Bonchev–Trinajstić information content (AvgIpc) is 2.45. The molecular formula is C15H15F2NOS. The summed E-state index contributed by atoms with van der Waals surface area (Å²) in [6, 6.07) is 10.5. The molecule has 2 aromatic rings. The first-order valence-electron chi connectivity index (χ1n) is 6.07. The van der Waals surface area contributed by atoms with Crippen LogP contribution >= 0.6 is 11.8 Å². The van der Waals surface area contributed by atoms with Gasteiger partial charge >= 0.3 is 0 Å². The van der Waals surface area contributed by atoms with Crippen molar-refractivity contribution in [2.24, 2.45) is 5.73 Å². The van der Waals surface area contributed by atoms with Crippen LogP contribution in [0.25, 0.3) is 0 Å². The Hall–Kier alpha value is -1.59. The molecule has 0 heterocycles. The maximum atomic E-state index is 13.6. The molecule has 0 bridgehead atoms. The van der Waals surface area contributed by atoms with Crippen LogP contribution in [-0.4, -0.2) is 12.9 Å². The van der Waals surface area contributed by atoms with Gasteiger partial charge in [0.2, 0.25) is 0 Å². The van der Waals surface area contributed by atoms with Gasteiger partial charge in [-0.25, -0.2) is 8.78 Å². The molecule has 0 amide bonds. The van der Waals surface area contributed by atoms with E-state index in [9.17, 15) is 8.78 Å². The minimum Gasteiger partial charge on any atom is -0.497 e. The standard InChI is InChI=1S/C15H15F2NOS/c1-19-11-3-5-12(6-4-11)20-9-15(18)13-7-2-10(16)8-14(13)17/h2-8,15H,9,18H2,1H3/t15-/m1/s1. The second-order valence-corrected chi connectivity index (χ2v) is 5.35. The first-order chi connectivity index (χ1) is 9.60. The number of ether oxygens (including phenoxy) is 1. The Bertz CT molecular complexity index is 575. The van der Waals surface area contributed by atoms with Crippen LogP contribution < -0.4 is 10.5 Å². The van der Waals surface area contributed by atoms with Crippen molar-refractivity contribution in [1.82, 2.24) is 0 Å². The van der Waals surface area contributed by atoms with Crippen molar-refractivity contribution in [2.75, 3.05) is 12.9 Å². The Morgan fingerprint density at radius 2 is 1.85 bits per heavy atom. The van der Waals surface area contributed by atoms with Gasteiger partial charge < -0.3 is 10.5 Å². The van der Waals surface area contributed by atoms with Crippen molar-refractivity contribution < 1.29 is 13.5 Å². The lowest BCUT2D eigenvalue weighted by Gasteiger charge is -2.13. The molecule has 0 spiro atoms. The van der Waals surface area contributed by atoms with Gasteiger partial charge in [0.25, 0.3) is 0 Å². The summed E-state index contributed by atoms with van der Waals surface area (Å²) in [5.41, 5.74) is 6.27. The predicted octanol–water partition coefficient (Wildman–Crippen LogP) is 3.77. The van der Waals surface area contributed by atoms with Crippen LogP contribution in [0.4, 0.5) is 8.78 Å². The summed E-state index contributed by atoms with van der Waals surface area (Å²) in [6.45, 7) is 0. The average molecular weight is 295 g/mol. The van der Waals surface area contributed by atoms with E-state index in [-0.39, 0.29) is 0 Å². The zero-order chi connectivity index (χ0) is 14.5. The van der Waals surface area contributed by atoms with E-state index in [0.717, 1.165) is 16.7 Å². The van der Waals surface area contributed by atoms with Crippen molar-refractivity contribution >= 4 is 11.8 Å². The van der Waals surface area contributed by atoms with Gasteiger partial charge in [-0.05, 0) is 30.3 Å². The highest BCUT2D eigenvalue weighted by atomic mass is 32.2. The molecule has 2 nitrogen and oxygen atoms in total. The zero-order valence-corrected chi connectivity index (χ0v) is 11.8. The molecular weight excluding hydrogens is 280 g/mol. The van der Waals surface area contributed by atoms with E-state index in [0.29, 0.717) is 11.3 Å². The van der Waals surface area contributed by atoms with Crippen LogP contribution in [0.5, 0.6) is 5.75 Å². The number of nitrogens with two attached hydrogens (primary N) is 1. The highest BCUT2D eigenvalue weighted by molar-refractivity contribution is 7.99. The van der Waals surface area contributed by atoms with E-state index in [1.807, 2.05) is 24.3 Å². The summed E-state index contributed by atoms with van der Waals surface area (Å²) in [7, 11) is 1.61. The molecule has 0 aliphatic heterocycles. The van der Waals surface area contributed by atoms with E-state index >= 15 is 0 Å². The van der Waals surface area contributed by atoms with Crippen LogP contribution in [0.2, 0.25) is 0 Å². The Morgan fingerprint density at radius 3 is 2.45 bits per heavy atom. The van der Waals surface area contributed by atoms with Gasteiger partial charge in [0.05, 0.1) is 7.11 Å². The number of thioether (sulfide) groups is 1. The molecule has 0 radical (unpaired) electrons. The molecule has 1 atom stereocenters. The summed E-state index contributed by atoms with van der Waals surface area (Å²) in [5, 5.41) is 0. The molecule has 0 unspecified atom stereocenters.